The summed E-state index contributed by atoms with van der Waals surface area (Å²) >= 11 is 0. The lowest BCUT2D eigenvalue weighted by molar-refractivity contribution is 0.590. The zero-order chi connectivity index (χ0) is 11.1. The lowest BCUT2D eigenvalue weighted by Crippen LogP contribution is -2.30. The summed E-state index contributed by atoms with van der Waals surface area (Å²) in [7, 11) is 2.16. The molecule has 0 aliphatic carbocycles. The molecule has 0 unspecified atom stereocenters. The van der Waals surface area contributed by atoms with Crippen molar-refractivity contribution in [3.63, 3.8) is 0 Å². The SMILES string of the molecule is CN1CCNc2ccc(C(C)(C)C)cc21. The minimum atomic E-state index is 0.229. The van der Waals surface area contributed by atoms with Gasteiger partial charge in [0.25, 0.3) is 0 Å². The highest BCUT2D eigenvalue weighted by Crippen LogP contribution is 2.33. The van der Waals surface area contributed by atoms with Crippen molar-refractivity contribution in [1.29, 1.82) is 0 Å². The Morgan fingerprint density at radius 3 is 2.67 bits per heavy atom. The van der Waals surface area contributed by atoms with Crippen molar-refractivity contribution in [3.8, 4) is 0 Å². The van der Waals surface area contributed by atoms with Crippen LogP contribution in [0.1, 0.15) is 26.3 Å². The first-order valence-corrected chi connectivity index (χ1v) is 5.58. The van der Waals surface area contributed by atoms with Crippen LogP contribution in [-0.2, 0) is 5.41 Å². The largest absolute Gasteiger partial charge is 0.382 e. The first-order valence-electron chi connectivity index (χ1n) is 5.58. The lowest BCUT2D eigenvalue weighted by Gasteiger charge is -2.30. The third kappa shape index (κ3) is 1.94. The molecule has 82 valence electrons. The van der Waals surface area contributed by atoms with Crippen LogP contribution in [0.3, 0.4) is 0 Å². The molecule has 1 aliphatic rings. The van der Waals surface area contributed by atoms with Crippen LogP contribution in [0.4, 0.5) is 11.4 Å². The fraction of sp³-hybridized carbons (Fsp3) is 0.538. The molecule has 0 bridgehead atoms. The Labute approximate surface area is 92.3 Å². The fourth-order valence-corrected chi connectivity index (χ4v) is 1.94. The van der Waals surface area contributed by atoms with Crippen LogP contribution in [0.2, 0.25) is 0 Å². The number of benzene rings is 1. The molecule has 2 nitrogen and oxygen atoms in total. The van der Waals surface area contributed by atoms with Gasteiger partial charge in [0.05, 0.1) is 11.4 Å². The predicted molar refractivity (Wildman–Crippen MR) is 66.9 cm³/mol. The summed E-state index contributed by atoms with van der Waals surface area (Å²) < 4.78 is 0. The molecule has 0 atom stereocenters. The molecule has 1 aromatic rings. The predicted octanol–water partition coefficient (Wildman–Crippen LogP) is 2.85. The fourth-order valence-electron chi connectivity index (χ4n) is 1.94. The van der Waals surface area contributed by atoms with Crippen LogP contribution < -0.4 is 10.2 Å². The number of hydrogen-bond donors (Lipinski definition) is 1. The zero-order valence-electron chi connectivity index (χ0n) is 10.1. The summed E-state index contributed by atoms with van der Waals surface area (Å²) in [5, 5.41) is 3.43. The van der Waals surface area contributed by atoms with E-state index in [-0.39, 0.29) is 5.41 Å². The van der Waals surface area contributed by atoms with Crippen molar-refractivity contribution in [1.82, 2.24) is 0 Å². The Morgan fingerprint density at radius 1 is 1.27 bits per heavy atom. The van der Waals surface area contributed by atoms with Crippen molar-refractivity contribution < 1.29 is 0 Å². The average Bonchev–Trinajstić information content (AvgIpc) is 2.16. The van der Waals surface area contributed by atoms with E-state index in [1.54, 1.807) is 0 Å². The van der Waals surface area contributed by atoms with Crippen LogP contribution in [0.5, 0.6) is 0 Å². The second-order valence-corrected chi connectivity index (χ2v) is 5.33. The van der Waals surface area contributed by atoms with Gasteiger partial charge in [-0.05, 0) is 23.1 Å². The summed E-state index contributed by atoms with van der Waals surface area (Å²) in [4.78, 5) is 2.32. The zero-order valence-corrected chi connectivity index (χ0v) is 10.1. The normalized spacial score (nSPS) is 15.9. The van der Waals surface area contributed by atoms with Gasteiger partial charge in [0, 0.05) is 20.1 Å². The van der Waals surface area contributed by atoms with Gasteiger partial charge in [-0.3, -0.25) is 0 Å². The lowest BCUT2D eigenvalue weighted by atomic mass is 9.86. The van der Waals surface area contributed by atoms with Gasteiger partial charge in [-0.1, -0.05) is 26.8 Å². The van der Waals surface area contributed by atoms with Gasteiger partial charge in [-0.15, -0.1) is 0 Å². The smallest absolute Gasteiger partial charge is 0.0603 e. The van der Waals surface area contributed by atoms with Gasteiger partial charge in [-0.2, -0.15) is 0 Å². The molecular weight excluding hydrogens is 184 g/mol. The van der Waals surface area contributed by atoms with E-state index in [9.17, 15) is 0 Å². The van der Waals surface area contributed by atoms with Gasteiger partial charge < -0.3 is 10.2 Å². The molecule has 15 heavy (non-hydrogen) atoms. The van der Waals surface area contributed by atoms with Crippen LogP contribution >= 0.6 is 0 Å². The maximum absolute atomic E-state index is 3.43. The third-order valence-corrected chi connectivity index (χ3v) is 3.04. The van der Waals surface area contributed by atoms with Crippen molar-refractivity contribution in [3.05, 3.63) is 23.8 Å². The standard InChI is InChI=1S/C13H20N2/c1-13(2,3)10-5-6-11-12(9-10)15(4)8-7-14-11/h5-6,9,14H,7-8H2,1-4H3. The summed E-state index contributed by atoms with van der Waals surface area (Å²) in [5.74, 6) is 0. The van der Waals surface area contributed by atoms with Gasteiger partial charge in [0.1, 0.15) is 0 Å². The number of nitrogens with one attached hydrogen (secondary N) is 1. The summed E-state index contributed by atoms with van der Waals surface area (Å²) in [6.45, 7) is 8.89. The highest BCUT2D eigenvalue weighted by atomic mass is 15.2. The Balaban J connectivity index is 2.44. The molecule has 0 aromatic heterocycles. The topological polar surface area (TPSA) is 15.3 Å². The molecule has 0 saturated heterocycles. The molecule has 1 N–H and O–H groups in total. The van der Waals surface area contributed by atoms with Crippen LogP contribution in [-0.4, -0.2) is 20.1 Å². The molecular formula is C13H20N2. The molecule has 0 spiro atoms. The minimum Gasteiger partial charge on any atom is -0.382 e. The quantitative estimate of drug-likeness (QED) is 0.699. The first-order chi connectivity index (χ1) is 6.98. The van der Waals surface area contributed by atoms with Crippen LogP contribution in [0.15, 0.2) is 18.2 Å². The van der Waals surface area contributed by atoms with E-state index >= 15 is 0 Å². The number of rotatable bonds is 0. The van der Waals surface area contributed by atoms with E-state index in [4.69, 9.17) is 0 Å². The van der Waals surface area contributed by atoms with E-state index in [0.29, 0.717) is 0 Å². The second kappa shape index (κ2) is 3.44. The Bertz CT molecular complexity index is 363. The Morgan fingerprint density at radius 2 is 2.00 bits per heavy atom. The van der Waals surface area contributed by atoms with Crippen molar-refractivity contribution in [2.24, 2.45) is 0 Å². The summed E-state index contributed by atoms with van der Waals surface area (Å²) in [6.07, 6.45) is 0. The minimum absolute atomic E-state index is 0.229. The van der Waals surface area contributed by atoms with E-state index in [0.717, 1.165) is 13.1 Å². The molecule has 1 heterocycles. The third-order valence-electron chi connectivity index (χ3n) is 3.04. The molecule has 0 saturated carbocycles. The highest BCUT2D eigenvalue weighted by molar-refractivity contribution is 5.73. The number of nitrogens with zero attached hydrogens (tertiary/aromatic N) is 1. The summed E-state index contributed by atoms with van der Waals surface area (Å²) in [5.41, 5.74) is 4.22. The molecule has 0 amide bonds. The maximum atomic E-state index is 3.43. The molecule has 1 aromatic carbocycles. The maximum Gasteiger partial charge on any atom is 0.0603 e. The monoisotopic (exact) mass is 204 g/mol. The van der Waals surface area contributed by atoms with Crippen LogP contribution in [0.25, 0.3) is 0 Å². The molecule has 2 rings (SSSR count). The van der Waals surface area contributed by atoms with E-state index in [2.05, 4.69) is 56.2 Å². The Kier molecular flexibility index (Phi) is 2.37. The molecule has 2 heteroatoms. The number of likely N-dealkylation sites (N-methyl/N-ethyl adjacent to an activating group) is 1. The van der Waals surface area contributed by atoms with Gasteiger partial charge in [0.2, 0.25) is 0 Å². The van der Waals surface area contributed by atoms with Crippen molar-refractivity contribution >= 4 is 11.4 Å². The number of fused-ring (bicyclic) bond motifs is 1. The second-order valence-electron chi connectivity index (χ2n) is 5.33. The highest BCUT2D eigenvalue weighted by Gasteiger charge is 2.18. The average molecular weight is 204 g/mol. The van der Waals surface area contributed by atoms with Gasteiger partial charge >= 0.3 is 0 Å². The van der Waals surface area contributed by atoms with Crippen molar-refractivity contribution in [2.75, 3.05) is 30.4 Å². The summed E-state index contributed by atoms with van der Waals surface area (Å²) in [6, 6.07) is 6.73. The van der Waals surface area contributed by atoms with Crippen LogP contribution in [0, 0.1) is 0 Å². The van der Waals surface area contributed by atoms with E-state index < -0.39 is 0 Å². The number of anilines is 2. The molecule has 0 fully saturated rings. The van der Waals surface area contributed by atoms with E-state index in [1.807, 2.05) is 0 Å². The van der Waals surface area contributed by atoms with Gasteiger partial charge in [-0.25, -0.2) is 0 Å². The number of hydrogen-bond acceptors (Lipinski definition) is 2. The van der Waals surface area contributed by atoms with Gasteiger partial charge in [0.15, 0.2) is 0 Å². The van der Waals surface area contributed by atoms with Crippen molar-refractivity contribution in [2.45, 2.75) is 26.2 Å². The Hall–Kier alpha value is -1.18. The first kappa shape index (κ1) is 10.3. The molecule has 1 aliphatic heterocycles. The van der Waals surface area contributed by atoms with E-state index in [1.165, 1.54) is 16.9 Å². The molecule has 0 radical (unpaired) electrons.